The molecular formula is C24H20ClN3O4. The van der Waals surface area contributed by atoms with Crippen molar-refractivity contribution < 1.29 is 14.0 Å². The number of fused-ring (bicyclic) bond motifs is 1. The highest BCUT2D eigenvalue weighted by molar-refractivity contribution is 6.31. The second-order valence-electron chi connectivity index (χ2n) is 7.14. The quantitative estimate of drug-likeness (QED) is 0.442. The first-order valence-corrected chi connectivity index (χ1v) is 10.4. The molecule has 2 amide bonds. The van der Waals surface area contributed by atoms with Crippen LogP contribution in [0.1, 0.15) is 22.3 Å². The summed E-state index contributed by atoms with van der Waals surface area (Å²) in [5, 5.41) is 6.08. The fourth-order valence-corrected chi connectivity index (χ4v) is 3.50. The summed E-state index contributed by atoms with van der Waals surface area (Å²) in [6.45, 7) is 0.504. The number of nitrogens with zero attached hydrogens (tertiary/aromatic N) is 1. The molecule has 0 aliphatic rings. The predicted molar refractivity (Wildman–Crippen MR) is 123 cm³/mol. The number of hydrogen-bond donors (Lipinski definition) is 2. The number of rotatable bonds is 7. The van der Waals surface area contributed by atoms with Gasteiger partial charge in [-0.15, -0.1) is 0 Å². The highest BCUT2D eigenvalue weighted by atomic mass is 35.5. The van der Waals surface area contributed by atoms with E-state index in [9.17, 15) is 14.4 Å². The summed E-state index contributed by atoms with van der Waals surface area (Å²) in [4.78, 5) is 37.3. The largest absolute Gasteiger partial charge is 0.419 e. The zero-order valence-corrected chi connectivity index (χ0v) is 17.8. The number of carbonyl (C=O) groups excluding carboxylic acids is 2. The van der Waals surface area contributed by atoms with E-state index in [4.69, 9.17) is 16.0 Å². The number of para-hydroxylation sites is 1. The van der Waals surface area contributed by atoms with Crippen LogP contribution in [-0.4, -0.2) is 16.4 Å². The Hall–Kier alpha value is -3.84. The lowest BCUT2D eigenvalue weighted by Gasteiger charge is -2.12. The van der Waals surface area contributed by atoms with Crippen molar-refractivity contribution in [1.82, 2.24) is 9.88 Å². The maximum Gasteiger partial charge on any atom is 0.419 e. The van der Waals surface area contributed by atoms with E-state index in [0.29, 0.717) is 33.9 Å². The average molecular weight is 450 g/mol. The van der Waals surface area contributed by atoms with Crippen LogP contribution in [0.3, 0.4) is 0 Å². The Balaban J connectivity index is 1.41. The number of halogens is 1. The Bertz CT molecular complexity index is 1330. The molecule has 0 radical (unpaired) electrons. The predicted octanol–water partition coefficient (Wildman–Crippen LogP) is 4.21. The van der Waals surface area contributed by atoms with Crippen LogP contribution in [0.4, 0.5) is 5.69 Å². The van der Waals surface area contributed by atoms with Crippen molar-refractivity contribution in [2.24, 2.45) is 0 Å². The Morgan fingerprint density at radius 1 is 0.969 bits per heavy atom. The van der Waals surface area contributed by atoms with Gasteiger partial charge in [0.1, 0.15) is 0 Å². The van der Waals surface area contributed by atoms with Gasteiger partial charge < -0.3 is 15.1 Å². The first-order chi connectivity index (χ1) is 15.5. The standard InChI is InChI=1S/C24H20ClN3O4/c25-17-10-11-20-21(14-17)32-24(31)28(20)13-12-22(29)27-19-9-5-4-8-18(19)23(30)26-15-16-6-2-1-3-7-16/h1-11,14H,12-13,15H2,(H,26,30)(H,27,29). The van der Waals surface area contributed by atoms with Crippen LogP contribution >= 0.6 is 11.6 Å². The summed E-state index contributed by atoms with van der Waals surface area (Å²) < 4.78 is 6.56. The van der Waals surface area contributed by atoms with Gasteiger partial charge >= 0.3 is 5.76 Å². The smallest absolute Gasteiger partial charge is 0.408 e. The van der Waals surface area contributed by atoms with E-state index in [2.05, 4.69) is 10.6 Å². The van der Waals surface area contributed by atoms with Gasteiger partial charge in [0, 0.05) is 30.6 Å². The number of hydrogen-bond acceptors (Lipinski definition) is 4. The SMILES string of the molecule is O=C(CCn1c(=O)oc2cc(Cl)ccc21)Nc1ccccc1C(=O)NCc1ccccc1. The molecule has 0 spiro atoms. The summed E-state index contributed by atoms with van der Waals surface area (Å²) in [5.41, 5.74) is 2.66. The lowest BCUT2D eigenvalue weighted by atomic mass is 10.1. The first kappa shape index (κ1) is 21.4. The van der Waals surface area contributed by atoms with Crippen LogP contribution in [0.2, 0.25) is 5.02 Å². The number of benzene rings is 3. The molecular weight excluding hydrogens is 430 g/mol. The van der Waals surface area contributed by atoms with Gasteiger partial charge in [0.25, 0.3) is 5.91 Å². The number of aryl methyl sites for hydroxylation is 1. The Morgan fingerprint density at radius 2 is 1.72 bits per heavy atom. The second kappa shape index (κ2) is 9.53. The minimum atomic E-state index is -0.559. The van der Waals surface area contributed by atoms with Gasteiger partial charge in [0.15, 0.2) is 5.58 Å². The molecule has 0 bridgehead atoms. The van der Waals surface area contributed by atoms with E-state index in [1.807, 2.05) is 30.3 Å². The normalized spacial score (nSPS) is 10.8. The van der Waals surface area contributed by atoms with Crippen LogP contribution in [0, 0.1) is 0 Å². The molecule has 0 saturated carbocycles. The van der Waals surface area contributed by atoms with Crippen molar-refractivity contribution in [3.63, 3.8) is 0 Å². The van der Waals surface area contributed by atoms with E-state index in [-0.39, 0.29) is 24.8 Å². The van der Waals surface area contributed by atoms with Crippen LogP contribution in [0.5, 0.6) is 0 Å². The summed E-state index contributed by atoms with van der Waals surface area (Å²) in [5.74, 6) is -1.18. The van der Waals surface area contributed by atoms with Gasteiger partial charge in [-0.2, -0.15) is 0 Å². The lowest BCUT2D eigenvalue weighted by Crippen LogP contribution is -2.25. The topological polar surface area (TPSA) is 93.3 Å². The summed E-state index contributed by atoms with van der Waals surface area (Å²) in [7, 11) is 0. The average Bonchev–Trinajstić information content (AvgIpc) is 3.11. The first-order valence-electron chi connectivity index (χ1n) is 10.0. The molecule has 1 heterocycles. The molecule has 162 valence electrons. The Morgan fingerprint density at radius 3 is 2.53 bits per heavy atom. The van der Waals surface area contributed by atoms with Crippen LogP contribution in [-0.2, 0) is 17.9 Å². The molecule has 0 atom stereocenters. The van der Waals surface area contributed by atoms with Crippen molar-refractivity contribution >= 4 is 40.2 Å². The van der Waals surface area contributed by atoms with Gasteiger partial charge in [-0.05, 0) is 29.8 Å². The molecule has 0 saturated heterocycles. The molecule has 4 rings (SSSR count). The van der Waals surface area contributed by atoms with Crippen molar-refractivity contribution in [3.05, 3.63) is 99.5 Å². The Labute approximate surface area is 188 Å². The molecule has 0 aliphatic carbocycles. The maximum absolute atomic E-state index is 12.7. The van der Waals surface area contributed by atoms with Crippen molar-refractivity contribution in [2.75, 3.05) is 5.32 Å². The second-order valence-corrected chi connectivity index (χ2v) is 7.58. The van der Waals surface area contributed by atoms with E-state index < -0.39 is 5.76 Å². The summed E-state index contributed by atoms with van der Waals surface area (Å²) in [6, 6.07) is 21.2. The van der Waals surface area contributed by atoms with E-state index in [1.54, 1.807) is 42.5 Å². The minimum absolute atomic E-state index is 0.0249. The molecule has 8 heteroatoms. The third-order valence-corrected chi connectivity index (χ3v) is 5.17. The molecule has 7 nitrogen and oxygen atoms in total. The molecule has 0 fully saturated rings. The monoisotopic (exact) mass is 449 g/mol. The number of oxazole rings is 1. The van der Waals surface area contributed by atoms with Gasteiger partial charge in [-0.25, -0.2) is 4.79 Å². The summed E-state index contributed by atoms with van der Waals surface area (Å²) >= 11 is 5.93. The molecule has 4 aromatic rings. The van der Waals surface area contributed by atoms with E-state index in [0.717, 1.165) is 5.56 Å². The molecule has 32 heavy (non-hydrogen) atoms. The summed E-state index contributed by atoms with van der Waals surface area (Å²) in [6.07, 6.45) is 0.0249. The number of carbonyl (C=O) groups is 2. The number of nitrogens with one attached hydrogen (secondary N) is 2. The molecule has 0 aliphatic heterocycles. The van der Waals surface area contributed by atoms with Gasteiger partial charge in [0.2, 0.25) is 5.91 Å². The molecule has 3 aromatic carbocycles. The van der Waals surface area contributed by atoms with Gasteiger partial charge in [0.05, 0.1) is 16.8 Å². The number of anilines is 1. The van der Waals surface area contributed by atoms with E-state index in [1.165, 1.54) is 4.57 Å². The minimum Gasteiger partial charge on any atom is -0.408 e. The fourth-order valence-electron chi connectivity index (χ4n) is 3.34. The zero-order valence-electron chi connectivity index (χ0n) is 17.0. The highest BCUT2D eigenvalue weighted by Crippen LogP contribution is 2.19. The third kappa shape index (κ3) is 4.90. The Kier molecular flexibility index (Phi) is 6.37. The molecule has 2 N–H and O–H groups in total. The number of amides is 2. The fraction of sp³-hybridized carbons (Fsp3) is 0.125. The highest BCUT2D eigenvalue weighted by Gasteiger charge is 2.15. The van der Waals surface area contributed by atoms with Crippen molar-refractivity contribution in [1.29, 1.82) is 0 Å². The van der Waals surface area contributed by atoms with Crippen LogP contribution in [0.15, 0.2) is 82.0 Å². The lowest BCUT2D eigenvalue weighted by molar-refractivity contribution is -0.116. The van der Waals surface area contributed by atoms with Crippen molar-refractivity contribution in [2.45, 2.75) is 19.5 Å². The number of aromatic nitrogens is 1. The molecule has 0 unspecified atom stereocenters. The molecule has 1 aromatic heterocycles. The maximum atomic E-state index is 12.7. The zero-order chi connectivity index (χ0) is 22.5. The van der Waals surface area contributed by atoms with Crippen LogP contribution in [0.25, 0.3) is 11.1 Å². The van der Waals surface area contributed by atoms with Gasteiger partial charge in [-0.1, -0.05) is 54.1 Å². The van der Waals surface area contributed by atoms with E-state index >= 15 is 0 Å². The third-order valence-electron chi connectivity index (χ3n) is 4.93. The van der Waals surface area contributed by atoms with Crippen LogP contribution < -0.4 is 16.4 Å². The van der Waals surface area contributed by atoms with Gasteiger partial charge in [-0.3, -0.25) is 14.2 Å². The van der Waals surface area contributed by atoms with Crippen molar-refractivity contribution in [3.8, 4) is 0 Å².